The normalized spacial score (nSPS) is 11.0. The Morgan fingerprint density at radius 2 is 1.70 bits per heavy atom. The van der Waals surface area contributed by atoms with Gasteiger partial charge in [0, 0.05) is 5.56 Å². The smallest absolute Gasteiger partial charge is 0.271 e. The number of carbonyl (C=O) groups is 1. The van der Waals surface area contributed by atoms with E-state index in [1.807, 2.05) is 84.9 Å². The third kappa shape index (κ3) is 4.75. The molecule has 148 valence electrons. The Labute approximate surface area is 183 Å². The minimum absolute atomic E-state index is 0.245. The maximum absolute atomic E-state index is 12.5. The van der Waals surface area contributed by atoms with Crippen LogP contribution in [-0.4, -0.2) is 12.1 Å². The Bertz CT molecular complexity index is 1200. The summed E-state index contributed by atoms with van der Waals surface area (Å²) < 4.78 is 6.68. The molecule has 0 aliphatic heterocycles. The minimum Gasteiger partial charge on any atom is -0.488 e. The van der Waals surface area contributed by atoms with Crippen molar-refractivity contribution in [2.45, 2.75) is 6.61 Å². The van der Waals surface area contributed by atoms with E-state index in [9.17, 15) is 4.79 Å². The molecule has 1 amide bonds. The maximum Gasteiger partial charge on any atom is 0.271 e. The second-order valence-corrected chi connectivity index (χ2v) is 7.54. The van der Waals surface area contributed by atoms with Crippen molar-refractivity contribution in [1.82, 2.24) is 5.43 Å². The number of benzene rings is 4. The molecule has 0 atom stereocenters. The second kappa shape index (κ2) is 9.37. The van der Waals surface area contributed by atoms with Crippen LogP contribution < -0.4 is 10.2 Å². The van der Waals surface area contributed by atoms with Gasteiger partial charge in [0.2, 0.25) is 0 Å². The molecule has 0 fully saturated rings. The molecular weight excluding hydrogens is 440 g/mol. The molecule has 4 aromatic rings. The second-order valence-electron chi connectivity index (χ2n) is 6.69. The number of hydrazone groups is 1. The van der Waals surface area contributed by atoms with E-state index in [2.05, 4.69) is 26.5 Å². The van der Waals surface area contributed by atoms with Crippen LogP contribution >= 0.6 is 15.9 Å². The molecule has 30 heavy (non-hydrogen) atoms. The van der Waals surface area contributed by atoms with Crippen LogP contribution in [-0.2, 0) is 6.61 Å². The van der Waals surface area contributed by atoms with Gasteiger partial charge in [-0.05, 0) is 62.1 Å². The molecule has 0 spiro atoms. The third-order valence-electron chi connectivity index (χ3n) is 4.61. The summed E-state index contributed by atoms with van der Waals surface area (Å²) in [4.78, 5) is 12.5. The van der Waals surface area contributed by atoms with Crippen LogP contribution in [0.15, 0.2) is 101 Å². The summed E-state index contributed by atoms with van der Waals surface area (Å²) in [7, 11) is 0. The van der Waals surface area contributed by atoms with E-state index in [-0.39, 0.29) is 5.91 Å². The molecule has 4 nitrogen and oxygen atoms in total. The van der Waals surface area contributed by atoms with E-state index in [1.54, 1.807) is 12.3 Å². The van der Waals surface area contributed by atoms with Crippen molar-refractivity contribution >= 4 is 38.8 Å². The van der Waals surface area contributed by atoms with Crippen molar-refractivity contribution in [3.8, 4) is 5.75 Å². The highest BCUT2D eigenvalue weighted by atomic mass is 79.9. The molecule has 0 radical (unpaired) electrons. The molecule has 4 rings (SSSR count). The van der Waals surface area contributed by atoms with Crippen LogP contribution in [0.5, 0.6) is 5.75 Å². The molecule has 1 N–H and O–H groups in total. The lowest BCUT2D eigenvalue weighted by Crippen LogP contribution is -2.17. The first-order valence-corrected chi connectivity index (χ1v) is 10.3. The molecule has 0 aromatic heterocycles. The summed E-state index contributed by atoms with van der Waals surface area (Å²) in [6, 6.07) is 29.1. The van der Waals surface area contributed by atoms with Gasteiger partial charge in [0.05, 0.1) is 10.7 Å². The number of hydrogen-bond donors (Lipinski definition) is 1. The number of carbonyl (C=O) groups excluding carboxylic acids is 1. The number of rotatable bonds is 6. The molecule has 0 aliphatic carbocycles. The number of nitrogens with one attached hydrogen (secondary N) is 1. The van der Waals surface area contributed by atoms with E-state index in [0.717, 1.165) is 32.1 Å². The molecule has 0 unspecified atom stereocenters. The number of hydrogen-bond acceptors (Lipinski definition) is 3. The van der Waals surface area contributed by atoms with Gasteiger partial charge in [0.25, 0.3) is 5.91 Å². The molecule has 4 aromatic carbocycles. The zero-order valence-electron chi connectivity index (χ0n) is 16.1. The van der Waals surface area contributed by atoms with Gasteiger partial charge < -0.3 is 4.74 Å². The van der Waals surface area contributed by atoms with Crippen LogP contribution in [0, 0.1) is 0 Å². The highest BCUT2D eigenvalue weighted by molar-refractivity contribution is 9.10. The Morgan fingerprint density at radius 1 is 0.933 bits per heavy atom. The Kier molecular flexibility index (Phi) is 6.20. The van der Waals surface area contributed by atoms with Crippen molar-refractivity contribution in [1.29, 1.82) is 0 Å². The van der Waals surface area contributed by atoms with Crippen LogP contribution in [0.25, 0.3) is 10.8 Å². The van der Waals surface area contributed by atoms with E-state index in [1.165, 1.54) is 0 Å². The quantitative estimate of drug-likeness (QED) is 0.286. The first-order chi connectivity index (χ1) is 14.7. The average Bonchev–Trinajstić information content (AvgIpc) is 2.79. The maximum atomic E-state index is 12.5. The highest BCUT2D eigenvalue weighted by Crippen LogP contribution is 2.26. The molecule has 0 heterocycles. The Morgan fingerprint density at radius 3 is 2.53 bits per heavy atom. The third-order valence-corrected chi connectivity index (χ3v) is 5.23. The summed E-state index contributed by atoms with van der Waals surface area (Å²) in [6.45, 7) is 0.494. The molecule has 0 bridgehead atoms. The monoisotopic (exact) mass is 458 g/mol. The molecular formula is C25H19BrN2O2. The van der Waals surface area contributed by atoms with Gasteiger partial charge in [0.1, 0.15) is 12.4 Å². The Hall–Kier alpha value is -3.44. The largest absolute Gasteiger partial charge is 0.488 e. The number of ether oxygens (including phenoxy) is 1. The van der Waals surface area contributed by atoms with Crippen LogP contribution in [0.3, 0.4) is 0 Å². The van der Waals surface area contributed by atoms with Gasteiger partial charge in [-0.1, -0.05) is 66.7 Å². The van der Waals surface area contributed by atoms with E-state index < -0.39 is 0 Å². The molecule has 0 saturated heterocycles. The van der Waals surface area contributed by atoms with E-state index in [0.29, 0.717) is 12.2 Å². The van der Waals surface area contributed by atoms with Gasteiger partial charge in [0.15, 0.2) is 0 Å². The van der Waals surface area contributed by atoms with E-state index in [4.69, 9.17) is 4.74 Å². The number of amides is 1. The minimum atomic E-state index is -0.245. The number of fused-ring (bicyclic) bond motifs is 1. The summed E-state index contributed by atoms with van der Waals surface area (Å²) >= 11 is 3.53. The first-order valence-electron chi connectivity index (χ1n) is 9.48. The lowest BCUT2D eigenvalue weighted by Gasteiger charge is -2.09. The van der Waals surface area contributed by atoms with Gasteiger partial charge in [-0.15, -0.1) is 0 Å². The average molecular weight is 459 g/mol. The Balaban J connectivity index is 1.40. The first kappa shape index (κ1) is 19.9. The summed E-state index contributed by atoms with van der Waals surface area (Å²) in [5, 5.41) is 6.02. The predicted molar refractivity (Wildman–Crippen MR) is 124 cm³/mol. The summed E-state index contributed by atoms with van der Waals surface area (Å²) in [5.74, 6) is 0.501. The van der Waals surface area contributed by atoms with E-state index >= 15 is 0 Å². The fraction of sp³-hybridized carbons (Fsp3) is 0.0400. The van der Waals surface area contributed by atoms with Gasteiger partial charge >= 0.3 is 0 Å². The summed E-state index contributed by atoms with van der Waals surface area (Å²) in [5.41, 5.74) is 5.14. The topological polar surface area (TPSA) is 50.7 Å². The SMILES string of the molecule is O=C(N/N=C\c1ccc(OCc2ccccc2)c(Br)c1)c1cccc2ccccc12. The van der Waals surface area contributed by atoms with Crippen molar-refractivity contribution in [3.63, 3.8) is 0 Å². The fourth-order valence-corrected chi connectivity index (χ4v) is 3.61. The number of nitrogens with zero attached hydrogens (tertiary/aromatic N) is 1. The molecule has 5 heteroatoms. The van der Waals surface area contributed by atoms with Crippen molar-refractivity contribution in [3.05, 3.63) is 112 Å². The van der Waals surface area contributed by atoms with Crippen LogP contribution in [0.1, 0.15) is 21.5 Å². The number of halogens is 1. The zero-order valence-corrected chi connectivity index (χ0v) is 17.7. The van der Waals surface area contributed by atoms with Crippen molar-refractivity contribution < 1.29 is 9.53 Å². The predicted octanol–water partition coefficient (Wildman–Crippen LogP) is 5.95. The molecule has 0 aliphatic rings. The van der Waals surface area contributed by atoms with Gasteiger partial charge in [-0.3, -0.25) is 4.79 Å². The van der Waals surface area contributed by atoms with Gasteiger partial charge in [-0.2, -0.15) is 5.10 Å². The van der Waals surface area contributed by atoms with Gasteiger partial charge in [-0.25, -0.2) is 5.43 Å². The van der Waals surface area contributed by atoms with Crippen molar-refractivity contribution in [2.75, 3.05) is 0 Å². The summed E-state index contributed by atoms with van der Waals surface area (Å²) in [6.07, 6.45) is 1.61. The fourth-order valence-electron chi connectivity index (χ4n) is 3.10. The lowest BCUT2D eigenvalue weighted by atomic mass is 10.0. The molecule has 0 saturated carbocycles. The zero-order chi connectivity index (χ0) is 20.8. The lowest BCUT2D eigenvalue weighted by molar-refractivity contribution is 0.0957. The van der Waals surface area contributed by atoms with Crippen LogP contribution in [0.2, 0.25) is 0 Å². The highest BCUT2D eigenvalue weighted by Gasteiger charge is 2.08. The van der Waals surface area contributed by atoms with Crippen LogP contribution in [0.4, 0.5) is 0 Å². The van der Waals surface area contributed by atoms with Crippen molar-refractivity contribution in [2.24, 2.45) is 5.10 Å². The standard InChI is InChI=1S/C25H19BrN2O2/c26-23-15-19(13-14-24(23)30-17-18-7-2-1-3-8-18)16-27-28-25(29)22-12-6-10-20-9-4-5-11-21(20)22/h1-16H,17H2,(H,28,29)/b27-16-.